The van der Waals surface area contributed by atoms with E-state index in [9.17, 15) is 22.8 Å². The van der Waals surface area contributed by atoms with Crippen molar-refractivity contribution in [2.75, 3.05) is 20.0 Å². The quantitative estimate of drug-likeness (QED) is 0.549. The Hall–Kier alpha value is -1.59. The zero-order chi connectivity index (χ0) is 12.9. The molecule has 0 radical (unpaired) electrons. The molecule has 0 unspecified atom stereocenters. The topological polar surface area (TPSA) is 47.3 Å². The van der Waals surface area contributed by atoms with Gasteiger partial charge in [0.15, 0.2) is 11.5 Å². The molecule has 1 rings (SSSR count). The number of hydrogen-bond acceptors (Lipinski definition) is 3. The molecule has 0 saturated carbocycles. The van der Waals surface area contributed by atoms with E-state index >= 15 is 0 Å². The fourth-order valence-electron chi connectivity index (χ4n) is 1.19. The van der Waals surface area contributed by atoms with E-state index in [4.69, 9.17) is 4.42 Å². The molecule has 6 heteroatoms. The molecule has 1 aromatic rings. The number of furan rings is 1. The predicted octanol–water partition coefficient (Wildman–Crippen LogP) is 2.32. The van der Waals surface area contributed by atoms with Crippen molar-refractivity contribution >= 4 is 11.6 Å². The fraction of sp³-hybridized carbons (Fsp3) is 0.455. The summed E-state index contributed by atoms with van der Waals surface area (Å²) in [4.78, 5) is 22.9. The Bertz CT molecular complexity index is 374. The summed E-state index contributed by atoms with van der Waals surface area (Å²) in [6, 6.07) is 2.75. The maximum absolute atomic E-state index is 12.5. The zero-order valence-corrected chi connectivity index (χ0v) is 8.92. The van der Waals surface area contributed by atoms with Gasteiger partial charge >= 0.3 is 0 Å². The molecule has 0 aromatic carbocycles. The van der Waals surface area contributed by atoms with Crippen molar-refractivity contribution in [3.05, 3.63) is 24.2 Å². The Morgan fingerprint density at radius 2 is 1.76 bits per heavy atom. The Morgan fingerprint density at radius 3 is 2.18 bits per heavy atom. The van der Waals surface area contributed by atoms with Gasteiger partial charge in [-0.15, -0.1) is 0 Å². The Balaban J connectivity index is 2.74. The molecule has 0 atom stereocenters. The monoisotopic (exact) mass is 248 g/mol. The normalized spacial score (nSPS) is 11.5. The highest BCUT2D eigenvalue weighted by atomic mass is 19.1. The highest BCUT2D eigenvalue weighted by Crippen LogP contribution is 2.24. The highest BCUT2D eigenvalue weighted by molar-refractivity contribution is 6.08. The van der Waals surface area contributed by atoms with Crippen LogP contribution in [0.3, 0.4) is 0 Å². The number of ketones is 2. The Labute approximate surface area is 95.6 Å². The number of halogens is 3. The van der Waals surface area contributed by atoms with E-state index in [0.717, 1.165) is 0 Å². The largest absolute Gasteiger partial charge is 0.461 e. The van der Waals surface area contributed by atoms with Crippen LogP contribution < -0.4 is 0 Å². The highest BCUT2D eigenvalue weighted by Gasteiger charge is 2.40. The van der Waals surface area contributed by atoms with Crippen LogP contribution in [0.2, 0.25) is 0 Å². The van der Waals surface area contributed by atoms with Crippen molar-refractivity contribution in [1.29, 1.82) is 0 Å². The van der Waals surface area contributed by atoms with Crippen molar-refractivity contribution in [1.82, 2.24) is 0 Å². The van der Waals surface area contributed by atoms with E-state index in [1.165, 1.54) is 18.4 Å². The van der Waals surface area contributed by atoms with Gasteiger partial charge in [0, 0.05) is 0 Å². The van der Waals surface area contributed by atoms with E-state index in [0.29, 0.717) is 0 Å². The van der Waals surface area contributed by atoms with E-state index in [1.54, 1.807) is 0 Å². The molecule has 0 bridgehead atoms. The second-order valence-electron chi connectivity index (χ2n) is 3.68. The average Bonchev–Trinajstić information content (AvgIpc) is 2.85. The molecular formula is C11H11F3O3. The standard InChI is InChI=1S/C11H11F3O3/c12-5-11(6-13,7-14)10(16)4-8(15)9-2-1-3-17-9/h1-3H,4-7H2. The first-order valence-corrected chi connectivity index (χ1v) is 4.87. The maximum atomic E-state index is 12.5. The summed E-state index contributed by atoms with van der Waals surface area (Å²) in [5, 5.41) is 0. The summed E-state index contributed by atoms with van der Waals surface area (Å²) in [7, 11) is 0. The van der Waals surface area contributed by atoms with Gasteiger partial charge in [-0.05, 0) is 12.1 Å². The van der Waals surface area contributed by atoms with E-state index in [-0.39, 0.29) is 5.76 Å². The molecule has 0 aliphatic rings. The summed E-state index contributed by atoms with van der Waals surface area (Å²) in [5.41, 5.74) is -2.34. The number of carbonyl (C=O) groups is 2. The van der Waals surface area contributed by atoms with Gasteiger partial charge in [-0.25, -0.2) is 13.2 Å². The second-order valence-corrected chi connectivity index (χ2v) is 3.68. The van der Waals surface area contributed by atoms with Crippen LogP contribution in [-0.4, -0.2) is 31.6 Å². The van der Waals surface area contributed by atoms with Crippen molar-refractivity contribution in [3.63, 3.8) is 0 Å². The van der Waals surface area contributed by atoms with Crippen molar-refractivity contribution in [2.24, 2.45) is 5.41 Å². The number of Topliss-reactive ketones (excluding diaryl/α,β-unsaturated/α-hetero) is 2. The van der Waals surface area contributed by atoms with Crippen LogP contribution in [0.25, 0.3) is 0 Å². The Kier molecular flexibility index (Phi) is 4.48. The van der Waals surface area contributed by atoms with Crippen molar-refractivity contribution in [3.8, 4) is 0 Å². The van der Waals surface area contributed by atoms with Crippen LogP contribution in [0.1, 0.15) is 17.0 Å². The SMILES string of the molecule is O=C(CC(=O)C(CF)(CF)CF)c1ccco1. The summed E-state index contributed by atoms with van der Waals surface area (Å²) in [6.07, 6.45) is 0.454. The summed E-state index contributed by atoms with van der Waals surface area (Å²) >= 11 is 0. The molecule has 1 aromatic heterocycles. The number of alkyl halides is 3. The smallest absolute Gasteiger partial charge is 0.205 e. The predicted molar refractivity (Wildman–Crippen MR) is 53.0 cm³/mol. The molecule has 0 aliphatic carbocycles. The van der Waals surface area contributed by atoms with Crippen LogP contribution in [0, 0.1) is 5.41 Å². The fourth-order valence-corrected chi connectivity index (χ4v) is 1.19. The van der Waals surface area contributed by atoms with Crippen LogP contribution in [0.15, 0.2) is 22.8 Å². The minimum atomic E-state index is -2.34. The van der Waals surface area contributed by atoms with Gasteiger partial charge < -0.3 is 4.42 Å². The van der Waals surface area contributed by atoms with Gasteiger partial charge in [-0.3, -0.25) is 9.59 Å². The van der Waals surface area contributed by atoms with Crippen LogP contribution in [-0.2, 0) is 4.79 Å². The molecule has 3 nitrogen and oxygen atoms in total. The van der Waals surface area contributed by atoms with Crippen LogP contribution >= 0.6 is 0 Å². The summed E-state index contributed by atoms with van der Waals surface area (Å²) in [5.74, 6) is -1.91. The molecule has 94 valence electrons. The molecule has 0 fully saturated rings. The lowest BCUT2D eigenvalue weighted by atomic mass is 9.85. The number of carbonyl (C=O) groups excluding carboxylic acids is 2. The van der Waals surface area contributed by atoms with Gasteiger partial charge in [0.25, 0.3) is 0 Å². The average molecular weight is 248 g/mol. The molecule has 0 aliphatic heterocycles. The first kappa shape index (κ1) is 13.5. The van der Waals surface area contributed by atoms with E-state index in [1.807, 2.05) is 0 Å². The third-order valence-electron chi connectivity index (χ3n) is 2.48. The molecule has 0 spiro atoms. The molecular weight excluding hydrogens is 237 g/mol. The summed E-state index contributed by atoms with van der Waals surface area (Å²) in [6.45, 7) is -4.40. The lowest BCUT2D eigenvalue weighted by Crippen LogP contribution is -2.39. The Morgan fingerprint density at radius 1 is 1.18 bits per heavy atom. The lowest BCUT2D eigenvalue weighted by molar-refractivity contribution is -0.131. The van der Waals surface area contributed by atoms with E-state index < -0.39 is 43.4 Å². The molecule has 0 saturated heterocycles. The lowest BCUT2D eigenvalue weighted by Gasteiger charge is -2.21. The zero-order valence-electron chi connectivity index (χ0n) is 8.92. The first-order chi connectivity index (χ1) is 8.09. The van der Waals surface area contributed by atoms with Gasteiger partial charge in [0.1, 0.15) is 25.4 Å². The van der Waals surface area contributed by atoms with Gasteiger partial charge in [-0.2, -0.15) is 0 Å². The number of hydrogen-bond donors (Lipinski definition) is 0. The third kappa shape index (κ3) is 2.75. The van der Waals surface area contributed by atoms with Crippen LogP contribution in [0.5, 0.6) is 0 Å². The summed E-state index contributed by atoms with van der Waals surface area (Å²) < 4.78 is 42.3. The van der Waals surface area contributed by atoms with E-state index in [2.05, 4.69) is 0 Å². The number of rotatable bonds is 7. The molecule has 0 N–H and O–H groups in total. The molecule has 17 heavy (non-hydrogen) atoms. The van der Waals surface area contributed by atoms with Gasteiger partial charge in [-0.1, -0.05) is 0 Å². The minimum Gasteiger partial charge on any atom is -0.461 e. The maximum Gasteiger partial charge on any atom is 0.205 e. The van der Waals surface area contributed by atoms with Gasteiger partial charge in [0.05, 0.1) is 12.7 Å². The van der Waals surface area contributed by atoms with Crippen molar-refractivity contribution < 1.29 is 27.2 Å². The van der Waals surface area contributed by atoms with Crippen LogP contribution in [0.4, 0.5) is 13.2 Å². The van der Waals surface area contributed by atoms with Gasteiger partial charge in [0.2, 0.25) is 5.78 Å². The third-order valence-corrected chi connectivity index (χ3v) is 2.48. The first-order valence-electron chi connectivity index (χ1n) is 4.87. The minimum absolute atomic E-state index is 0.0937. The molecule has 0 amide bonds. The second kappa shape index (κ2) is 5.65. The molecule has 1 heterocycles. The van der Waals surface area contributed by atoms with Crippen molar-refractivity contribution in [2.45, 2.75) is 6.42 Å².